The van der Waals surface area contributed by atoms with Gasteiger partial charge >= 0.3 is 0 Å². The summed E-state index contributed by atoms with van der Waals surface area (Å²) in [5, 5.41) is 0. The summed E-state index contributed by atoms with van der Waals surface area (Å²) >= 11 is 0. The molecule has 2 saturated heterocycles. The Morgan fingerprint density at radius 2 is 1.32 bits per heavy atom. The second-order valence-electron chi connectivity index (χ2n) is 6.14. The maximum atomic E-state index is 5.38. The van der Waals surface area contributed by atoms with Crippen molar-refractivity contribution >= 4 is 5.69 Å². The number of anilines is 1. The Morgan fingerprint density at radius 1 is 0.773 bits per heavy atom. The minimum Gasteiger partial charge on any atom is -0.371 e. The van der Waals surface area contributed by atoms with Gasteiger partial charge in [0.2, 0.25) is 0 Å². The third-order valence-electron chi connectivity index (χ3n) is 4.21. The SMILES string of the molecule is c1ccc(Cc2ccc(N(CC3CO3)CC3CO3)cc2)cc1. The van der Waals surface area contributed by atoms with Crippen LogP contribution < -0.4 is 4.90 Å². The normalized spacial score (nSPS) is 22.4. The fraction of sp³-hybridized carbons (Fsp3) is 0.368. The van der Waals surface area contributed by atoms with Crippen LogP contribution in [0.3, 0.4) is 0 Å². The van der Waals surface area contributed by atoms with Crippen molar-refractivity contribution in [2.24, 2.45) is 0 Å². The number of hydrogen-bond donors (Lipinski definition) is 0. The molecular formula is C19H21NO2. The minimum atomic E-state index is 0.405. The number of benzene rings is 2. The number of hydrogen-bond acceptors (Lipinski definition) is 3. The van der Waals surface area contributed by atoms with E-state index in [1.807, 2.05) is 0 Å². The molecular weight excluding hydrogens is 274 g/mol. The first-order valence-corrected chi connectivity index (χ1v) is 7.98. The summed E-state index contributed by atoms with van der Waals surface area (Å²) in [5.74, 6) is 0. The number of ether oxygens (including phenoxy) is 2. The van der Waals surface area contributed by atoms with Gasteiger partial charge in [0.1, 0.15) is 0 Å². The standard InChI is InChI=1S/C19H21NO2/c1-2-4-15(5-3-1)10-16-6-8-17(9-7-16)20(11-18-13-21-18)12-19-14-22-19/h1-9,18-19H,10-14H2. The smallest absolute Gasteiger partial charge is 0.0984 e. The van der Waals surface area contributed by atoms with Gasteiger partial charge in [0.15, 0.2) is 0 Å². The molecule has 4 rings (SSSR count). The Balaban J connectivity index is 1.44. The van der Waals surface area contributed by atoms with E-state index in [-0.39, 0.29) is 0 Å². The van der Waals surface area contributed by atoms with Crippen LogP contribution in [-0.2, 0) is 15.9 Å². The van der Waals surface area contributed by atoms with Crippen LogP contribution in [0, 0.1) is 0 Å². The van der Waals surface area contributed by atoms with Crippen LogP contribution >= 0.6 is 0 Å². The van der Waals surface area contributed by atoms with Gasteiger partial charge in [0.25, 0.3) is 0 Å². The molecule has 0 radical (unpaired) electrons. The first-order valence-electron chi connectivity index (χ1n) is 7.98. The summed E-state index contributed by atoms with van der Waals surface area (Å²) in [6.45, 7) is 3.73. The van der Waals surface area contributed by atoms with Crippen molar-refractivity contribution in [3.8, 4) is 0 Å². The maximum Gasteiger partial charge on any atom is 0.0984 e. The number of rotatable bonds is 7. The van der Waals surface area contributed by atoms with E-state index in [1.54, 1.807) is 0 Å². The van der Waals surface area contributed by atoms with E-state index in [0.717, 1.165) is 32.7 Å². The average molecular weight is 295 g/mol. The Kier molecular flexibility index (Phi) is 3.83. The lowest BCUT2D eigenvalue weighted by Crippen LogP contribution is -2.31. The zero-order valence-electron chi connectivity index (χ0n) is 12.7. The van der Waals surface area contributed by atoms with Crippen LogP contribution in [0.15, 0.2) is 54.6 Å². The molecule has 114 valence electrons. The van der Waals surface area contributed by atoms with Gasteiger partial charge < -0.3 is 14.4 Å². The van der Waals surface area contributed by atoms with Crippen molar-refractivity contribution in [3.05, 3.63) is 65.7 Å². The average Bonchev–Trinajstić information content (AvgIpc) is 3.44. The van der Waals surface area contributed by atoms with Crippen LogP contribution in [0.25, 0.3) is 0 Å². The third-order valence-corrected chi connectivity index (χ3v) is 4.21. The lowest BCUT2D eigenvalue weighted by molar-refractivity contribution is 0.389. The first kappa shape index (κ1) is 13.8. The molecule has 3 nitrogen and oxygen atoms in total. The van der Waals surface area contributed by atoms with E-state index in [0.29, 0.717) is 12.2 Å². The van der Waals surface area contributed by atoms with Crippen molar-refractivity contribution in [1.82, 2.24) is 0 Å². The van der Waals surface area contributed by atoms with Gasteiger partial charge in [-0.2, -0.15) is 0 Å². The molecule has 0 aliphatic carbocycles. The van der Waals surface area contributed by atoms with Crippen LogP contribution in [0.5, 0.6) is 0 Å². The van der Waals surface area contributed by atoms with Gasteiger partial charge in [-0.3, -0.25) is 0 Å². The molecule has 2 aromatic rings. The Morgan fingerprint density at radius 3 is 1.86 bits per heavy atom. The molecule has 0 saturated carbocycles. The van der Waals surface area contributed by atoms with Crippen LogP contribution in [-0.4, -0.2) is 38.5 Å². The van der Waals surface area contributed by atoms with E-state index < -0.39 is 0 Å². The fourth-order valence-electron chi connectivity index (χ4n) is 2.78. The summed E-state index contributed by atoms with van der Waals surface area (Å²) in [6, 6.07) is 19.5. The van der Waals surface area contributed by atoms with Gasteiger partial charge in [0.05, 0.1) is 25.4 Å². The number of nitrogens with zero attached hydrogens (tertiary/aromatic N) is 1. The van der Waals surface area contributed by atoms with E-state index in [2.05, 4.69) is 59.5 Å². The van der Waals surface area contributed by atoms with Crippen molar-refractivity contribution in [3.63, 3.8) is 0 Å². The molecule has 2 heterocycles. The van der Waals surface area contributed by atoms with Gasteiger partial charge in [-0.1, -0.05) is 42.5 Å². The third kappa shape index (κ3) is 3.67. The maximum absolute atomic E-state index is 5.38. The molecule has 2 aromatic carbocycles. The topological polar surface area (TPSA) is 28.3 Å². The molecule has 0 aromatic heterocycles. The van der Waals surface area contributed by atoms with Crippen molar-refractivity contribution in [1.29, 1.82) is 0 Å². The highest BCUT2D eigenvalue weighted by Gasteiger charge is 2.30. The second-order valence-corrected chi connectivity index (χ2v) is 6.14. The Labute approximate surface area is 131 Å². The highest BCUT2D eigenvalue weighted by atomic mass is 16.6. The summed E-state index contributed by atoms with van der Waals surface area (Å²) < 4.78 is 10.8. The van der Waals surface area contributed by atoms with Crippen LogP contribution in [0.2, 0.25) is 0 Å². The zero-order valence-corrected chi connectivity index (χ0v) is 12.7. The summed E-state index contributed by atoms with van der Waals surface area (Å²) in [7, 11) is 0. The van der Waals surface area contributed by atoms with E-state index >= 15 is 0 Å². The first-order chi connectivity index (χ1) is 10.9. The molecule has 0 amide bonds. The highest BCUT2D eigenvalue weighted by Crippen LogP contribution is 2.23. The molecule has 3 heteroatoms. The largest absolute Gasteiger partial charge is 0.371 e. The minimum absolute atomic E-state index is 0.405. The molecule has 2 atom stereocenters. The molecule has 2 unspecified atom stereocenters. The predicted molar refractivity (Wildman–Crippen MR) is 87.4 cm³/mol. The summed E-state index contributed by atoms with van der Waals surface area (Å²) in [6.07, 6.45) is 1.80. The molecule has 22 heavy (non-hydrogen) atoms. The lowest BCUT2D eigenvalue weighted by atomic mass is 10.0. The highest BCUT2D eigenvalue weighted by molar-refractivity contribution is 5.49. The van der Waals surface area contributed by atoms with Crippen LogP contribution in [0.4, 0.5) is 5.69 Å². The van der Waals surface area contributed by atoms with E-state index in [9.17, 15) is 0 Å². The lowest BCUT2D eigenvalue weighted by Gasteiger charge is -2.23. The second kappa shape index (κ2) is 6.11. The number of epoxide rings is 2. The molecule has 0 bridgehead atoms. The fourth-order valence-corrected chi connectivity index (χ4v) is 2.78. The predicted octanol–water partition coefficient (Wildman–Crippen LogP) is 2.88. The molecule has 0 spiro atoms. The van der Waals surface area contributed by atoms with Gasteiger partial charge in [0, 0.05) is 18.8 Å². The van der Waals surface area contributed by atoms with Crippen molar-refractivity contribution < 1.29 is 9.47 Å². The van der Waals surface area contributed by atoms with Crippen molar-refractivity contribution in [2.75, 3.05) is 31.2 Å². The quantitative estimate of drug-likeness (QED) is 0.735. The van der Waals surface area contributed by atoms with Crippen molar-refractivity contribution in [2.45, 2.75) is 18.6 Å². The molecule has 2 fully saturated rings. The summed E-state index contributed by atoms with van der Waals surface area (Å²) in [5.41, 5.74) is 3.97. The van der Waals surface area contributed by atoms with Gasteiger partial charge in [-0.05, 0) is 29.7 Å². The van der Waals surface area contributed by atoms with E-state index in [1.165, 1.54) is 16.8 Å². The summed E-state index contributed by atoms with van der Waals surface area (Å²) in [4.78, 5) is 2.39. The Hall–Kier alpha value is -1.84. The molecule has 2 aliphatic rings. The van der Waals surface area contributed by atoms with Gasteiger partial charge in [-0.15, -0.1) is 0 Å². The monoisotopic (exact) mass is 295 g/mol. The zero-order chi connectivity index (χ0) is 14.8. The van der Waals surface area contributed by atoms with Gasteiger partial charge in [-0.25, -0.2) is 0 Å². The molecule has 2 aliphatic heterocycles. The molecule has 0 N–H and O–H groups in total. The van der Waals surface area contributed by atoms with E-state index in [4.69, 9.17) is 9.47 Å². The van der Waals surface area contributed by atoms with Crippen LogP contribution in [0.1, 0.15) is 11.1 Å². The Bertz CT molecular complexity index is 589.